The first kappa shape index (κ1) is 42.4. The largest absolute Gasteiger partial charge is 0.496 e. The van der Waals surface area contributed by atoms with Crippen LogP contribution in [0.15, 0.2) is 40.9 Å². The van der Waals surface area contributed by atoms with Gasteiger partial charge in [0.25, 0.3) is 11.8 Å². The third-order valence-corrected chi connectivity index (χ3v) is 11.9. The second-order valence-corrected chi connectivity index (χ2v) is 16.2. The first-order valence-electron chi connectivity index (χ1n) is 21.8. The summed E-state index contributed by atoms with van der Waals surface area (Å²) in [6.07, 6.45) is 3.43. The van der Waals surface area contributed by atoms with E-state index in [1.807, 2.05) is 49.7 Å². The summed E-state index contributed by atoms with van der Waals surface area (Å²) in [6, 6.07) is 10.9. The molecule has 0 radical (unpaired) electrons. The number of amides is 3. The Morgan fingerprint density at radius 2 is 1.86 bits per heavy atom. The number of ether oxygens (including phenoxy) is 3. The zero-order valence-electron chi connectivity index (χ0n) is 36.3. The highest BCUT2D eigenvalue weighted by Crippen LogP contribution is 2.43. The third-order valence-electron chi connectivity index (χ3n) is 11.9. The maximum atomic E-state index is 13.6. The molecule has 1 aliphatic carbocycles. The van der Waals surface area contributed by atoms with Gasteiger partial charge in [0.2, 0.25) is 5.82 Å². The fourth-order valence-corrected chi connectivity index (χ4v) is 8.53. The van der Waals surface area contributed by atoms with E-state index >= 15 is 0 Å². The summed E-state index contributed by atoms with van der Waals surface area (Å²) < 4.78 is 24.8. The van der Waals surface area contributed by atoms with Gasteiger partial charge in [-0.15, -0.1) is 4.99 Å². The van der Waals surface area contributed by atoms with Crippen molar-refractivity contribution >= 4 is 62.9 Å². The van der Waals surface area contributed by atoms with Crippen molar-refractivity contribution < 1.29 is 43.2 Å². The number of carbonyl (C=O) groups excluding carboxylic acids is 3. The van der Waals surface area contributed by atoms with Gasteiger partial charge >= 0.3 is 11.8 Å². The van der Waals surface area contributed by atoms with E-state index in [4.69, 9.17) is 33.8 Å². The number of aliphatic hydroxyl groups excluding tert-OH is 1. The summed E-state index contributed by atoms with van der Waals surface area (Å²) in [5.41, 5.74) is 6.96. The van der Waals surface area contributed by atoms with Gasteiger partial charge in [-0.2, -0.15) is 5.10 Å². The average molecular weight is 875 g/mol. The molecule has 2 aliphatic heterocycles. The fraction of sp³-hybridized carbons (Fsp3) is 0.422. The number of rotatable bonds is 19. The summed E-state index contributed by atoms with van der Waals surface area (Å²) in [5, 5.41) is 30.6. The molecule has 19 nitrogen and oxygen atoms in total. The number of carbonyl (C=O) groups is 3. The number of aliphatic hydroxyl groups is 1. The number of benzene rings is 2. The van der Waals surface area contributed by atoms with Crippen molar-refractivity contribution in [2.24, 2.45) is 0 Å². The van der Waals surface area contributed by atoms with E-state index < -0.39 is 11.9 Å². The molecule has 6 aromatic rings. The van der Waals surface area contributed by atoms with Crippen molar-refractivity contribution in [2.45, 2.75) is 77.9 Å². The predicted molar refractivity (Wildman–Crippen MR) is 236 cm³/mol. The van der Waals surface area contributed by atoms with E-state index in [0.29, 0.717) is 105 Å². The van der Waals surface area contributed by atoms with Crippen LogP contribution in [-0.4, -0.2) is 116 Å². The number of methoxy groups -OCH3 is 1. The molecular weight excluding hydrogens is 823 g/mol. The molecule has 1 unspecified atom stereocenters. The van der Waals surface area contributed by atoms with Crippen LogP contribution in [0.5, 0.6) is 5.75 Å². The summed E-state index contributed by atoms with van der Waals surface area (Å²) in [4.78, 5) is 55.4. The van der Waals surface area contributed by atoms with E-state index in [1.54, 1.807) is 18.1 Å². The Hall–Kier alpha value is -6.86. The SMILES string of the molecule is CCn1nc(C2CC2)cc1Nc1nc(C(=O)NCCCOCCOCCNc2cccc3c2CN(C2CCC(=O)[NH+]=C2O)C3=O)nc2[nH]c3cc(-c4c(C)noc4C)c(OC)cc3c12. The molecule has 2 aromatic carbocycles. The predicted octanol–water partition coefficient (Wildman–Crippen LogP) is 4.18. The first-order valence-corrected chi connectivity index (χ1v) is 21.8. The number of anilines is 3. The maximum Gasteiger partial charge on any atom is 0.388 e. The second kappa shape index (κ2) is 18.1. The van der Waals surface area contributed by atoms with Crippen molar-refractivity contribution in [3.63, 3.8) is 0 Å². The number of H-pyrrole nitrogens is 1. The van der Waals surface area contributed by atoms with E-state index in [1.165, 1.54) is 0 Å². The van der Waals surface area contributed by atoms with Gasteiger partial charge in [-0.1, -0.05) is 11.2 Å². The molecule has 3 amide bonds. The van der Waals surface area contributed by atoms with E-state index in [9.17, 15) is 19.5 Å². The van der Waals surface area contributed by atoms with E-state index in [0.717, 1.165) is 63.3 Å². The minimum atomic E-state index is -0.555. The molecule has 19 heteroatoms. The van der Waals surface area contributed by atoms with Gasteiger partial charge in [-0.3, -0.25) is 9.59 Å². The molecule has 64 heavy (non-hydrogen) atoms. The molecule has 1 atom stereocenters. The summed E-state index contributed by atoms with van der Waals surface area (Å²) in [7, 11) is 1.63. The number of aryl methyl sites for hydroxylation is 3. The van der Waals surface area contributed by atoms with Gasteiger partial charge in [-0.25, -0.2) is 19.4 Å². The zero-order chi connectivity index (χ0) is 44.5. The topological polar surface area (TPSA) is 238 Å². The number of hydrogen-bond acceptors (Lipinski definition) is 13. The Labute approximate surface area is 367 Å². The molecule has 9 rings (SSSR count). The Balaban J connectivity index is 0.788. The van der Waals surface area contributed by atoms with E-state index in [-0.39, 0.29) is 30.0 Å². The summed E-state index contributed by atoms with van der Waals surface area (Å²) >= 11 is 0. The van der Waals surface area contributed by atoms with Crippen LogP contribution in [0.4, 0.5) is 17.3 Å². The molecule has 334 valence electrons. The van der Waals surface area contributed by atoms with Crippen LogP contribution in [0.25, 0.3) is 33.1 Å². The molecule has 1 fully saturated rings. The average Bonchev–Trinajstić information content (AvgIpc) is 3.66. The minimum absolute atomic E-state index is 0.00812. The lowest BCUT2D eigenvalue weighted by atomic mass is 10.0. The van der Waals surface area contributed by atoms with Crippen LogP contribution in [0, 0.1) is 13.8 Å². The van der Waals surface area contributed by atoms with Crippen molar-refractivity contribution in [3.05, 3.63) is 70.5 Å². The van der Waals surface area contributed by atoms with Crippen LogP contribution in [0.3, 0.4) is 0 Å². The lowest BCUT2D eigenvalue weighted by Gasteiger charge is -2.24. The van der Waals surface area contributed by atoms with Gasteiger partial charge < -0.3 is 49.7 Å². The van der Waals surface area contributed by atoms with Crippen molar-refractivity contribution in [1.82, 2.24) is 40.1 Å². The van der Waals surface area contributed by atoms with Crippen LogP contribution < -0.4 is 25.7 Å². The Bertz CT molecular complexity index is 2770. The maximum absolute atomic E-state index is 13.6. The highest BCUT2D eigenvalue weighted by molar-refractivity contribution is 6.14. The van der Waals surface area contributed by atoms with Gasteiger partial charge in [0.1, 0.15) is 28.8 Å². The van der Waals surface area contributed by atoms with Gasteiger partial charge in [0.05, 0.1) is 55.7 Å². The number of hydrogen-bond donors (Lipinski definition) is 6. The van der Waals surface area contributed by atoms with Gasteiger partial charge in [0, 0.05) is 78.1 Å². The second-order valence-electron chi connectivity index (χ2n) is 16.2. The first-order chi connectivity index (χ1) is 31.1. The smallest absolute Gasteiger partial charge is 0.388 e. The Kier molecular flexibility index (Phi) is 12.0. The number of nitrogens with zero attached hydrogens (tertiary/aromatic N) is 6. The quantitative estimate of drug-likeness (QED) is 0.0627. The van der Waals surface area contributed by atoms with Crippen LogP contribution >= 0.6 is 0 Å². The van der Waals surface area contributed by atoms with Crippen molar-refractivity contribution in [1.29, 1.82) is 0 Å². The van der Waals surface area contributed by atoms with Gasteiger partial charge in [-0.05, 0) is 70.7 Å². The van der Waals surface area contributed by atoms with Gasteiger partial charge in [0.15, 0.2) is 6.04 Å². The number of fused-ring (bicyclic) bond motifs is 4. The molecule has 0 spiro atoms. The summed E-state index contributed by atoms with van der Waals surface area (Å²) in [5.74, 6) is 1.98. The highest BCUT2D eigenvalue weighted by atomic mass is 16.5. The molecule has 6 heterocycles. The standard InChI is InChI=1S/C45H51N11O8/c1-5-56-36(22-32(53-56)26-10-11-26)49-41-39-28-21-35(61-4)29(38-24(2)54-64-25(38)3)20-33(28)48-40(39)51-42(52-41)44(59)47-14-7-16-62-18-19-63-17-15-46-31-9-6-8-27-30(31)23-55(45(27)60)34-12-13-37(57)50-43(34)58/h6,8-9,20-22,26,34,46H,5,7,10-19,23H2,1-4H3,(H,47,59)(H,50,57,58)(H2,48,49,51,52)/p+1. The molecular formula is C45H52N11O8+. The number of aromatic amines is 1. The Morgan fingerprint density at radius 1 is 1.03 bits per heavy atom. The molecule has 3 aliphatic rings. The molecule has 0 bridgehead atoms. The number of nitrogens with one attached hydrogen (secondary N) is 5. The molecule has 1 saturated carbocycles. The third kappa shape index (κ3) is 8.47. The Morgan fingerprint density at radius 3 is 2.61 bits per heavy atom. The van der Waals surface area contributed by atoms with E-state index in [2.05, 4.69) is 37.1 Å². The lowest BCUT2D eigenvalue weighted by Crippen LogP contribution is -2.82. The molecule has 0 saturated heterocycles. The van der Waals surface area contributed by atoms with Crippen LogP contribution in [-0.2, 0) is 27.4 Å². The number of aromatic nitrogens is 6. The minimum Gasteiger partial charge on any atom is -0.496 e. The monoisotopic (exact) mass is 874 g/mol. The highest BCUT2D eigenvalue weighted by Gasteiger charge is 2.41. The molecule has 4 aromatic heterocycles. The molecule has 6 N–H and O–H groups in total. The lowest BCUT2D eigenvalue weighted by molar-refractivity contribution is -0.394. The zero-order valence-corrected chi connectivity index (χ0v) is 36.3. The summed E-state index contributed by atoms with van der Waals surface area (Å²) in [6.45, 7) is 9.23. The van der Waals surface area contributed by atoms with Crippen molar-refractivity contribution in [3.8, 4) is 16.9 Å². The van der Waals surface area contributed by atoms with Crippen molar-refractivity contribution in [2.75, 3.05) is 57.3 Å². The normalized spacial score (nSPS) is 16.2. The fourth-order valence-electron chi connectivity index (χ4n) is 8.53. The van der Waals surface area contributed by atoms with Crippen LogP contribution in [0.1, 0.15) is 88.6 Å². The van der Waals surface area contributed by atoms with Crippen LogP contribution in [0.2, 0.25) is 0 Å².